The first-order chi connectivity index (χ1) is 11.6. The zero-order valence-corrected chi connectivity index (χ0v) is 14.7. The Morgan fingerprint density at radius 1 is 1.25 bits per heavy atom. The first-order valence-corrected chi connectivity index (χ1v) is 8.92. The van der Waals surface area contributed by atoms with Crippen LogP contribution in [0.2, 0.25) is 0 Å². The number of nitrogens with zero attached hydrogens (tertiary/aromatic N) is 3. The first-order valence-electron chi connectivity index (χ1n) is 8.92. The summed E-state index contributed by atoms with van der Waals surface area (Å²) in [6.07, 6.45) is 3.32. The van der Waals surface area contributed by atoms with Crippen molar-refractivity contribution < 1.29 is 14.1 Å². The van der Waals surface area contributed by atoms with E-state index in [4.69, 9.17) is 9.26 Å². The maximum Gasteiger partial charge on any atom is 0.317 e. The Hall–Kier alpha value is -1.60. The average Bonchev–Trinajstić information content (AvgIpc) is 3.12. The van der Waals surface area contributed by atoms with Gasteiger partial charge < -0.3 is 19.5 Å². The van der Waals surface area contributed by atoms with Gasteiger partial charge in [0.1, 0.15) is 5.76 Å². The van der Waals surface area contributed by atoms with E-state index in [1.807, 2.05) is 18.7 Å². The summed E-state index contributed by atoms with van der Waals surface area (Å²) in [5.74, 6) is 0.892. The largest absolute Gasteiger partial charge is 0.376 e. The second kappa shape index (κ2) is 7.98. The normalized spacial score (nSPS) is 22.6. The number of hydrogen-bond donors (Lipinski definition) is 1. The Morgan fingerprint density at radius 2 is 2.12 bits per heavy atom. The van der Waals surface area contributed by atoms with Crippen LogP contribution in [0.15, 0.2) is 4.52 Å². The fraction of sp³-hybridized carbons (Fsp3) is 0.765. The summed E-state index contributed by atoms with van der Waals surface area (Å²) in [6, 6.07) is 0.0321. The van der Waals surface area contributed by atoms with Crippen molar-refractivity contribution in [2.45, 2.75) is 45.8 Å². The molecular weight excluding hydrogens is 308 g/mol. The number of nitrogens with one attached hydrogen (secondary N) is 1. The lowest BCUT2D eigenvalue weighted by atomic mass is 10.2. The number of hydrogen-bond acceptors (Lipinski definition) is 5. The lowest BCUT2D eigenvalue weighted by Crippen LogP contribution is -2.44. The summed E-state index contributed by atoms with van der Waals surface area (Å²) < 4.78 is 10.8. The number of aromatic nitrogens is 1. The second-order valence-electron chi connectivity index (χ2n) is 6.74. The molecule has 1 aromatic rings. The summed E-state index contributed by atoms with van der Waals surface area (Å²) in [4.78, 5) is 16.6. The lowest BCUT2D eigenvalue weighted by Gasteiger charge is -2.23. The predicted molar refractivity (Wildman–Crippen MR) is 89.8 cm³/mol. The van der Waals surface area contributed by atoms with Gasteiger partial charge in [0.15, 0.2) is 0 Å². The Kier molecular flexibility index (Phi) is 5.73. The van der Waals surface area contributed by atoms with Gasteiger partial charge in [-0.2, -0.15) is 0 Å². The highest BCUT2D eigenvalue weighted by Crippen LogP contribution is 2.16. The lowest BCUT2D eigenvalue weighted by molar-refractivity contribution is 0.109. The SMILES string of the molecule is Cc1noc(C)c1CN1CCCN(C(=O)NC[C@@H]2CCCO2)CC1. The molecule has 1 N–H and O–H groups in total. The van der Waals surface area contributed by atoms with Gasteiger partial charge in [-0.1, -0.05) is 5.16 Å². The van der Waals surface area contributed by atoms with Gasteiger partial charge in [0.2, 0.25) is 0 Å². The molecule has 2 fully saturated rings. The van der Waals surface area contributed by atoms with Crippen molar-refractivity contribution in [3.63, 3.8) is 0 Å². The van der Waals surface area contributed by atoms with E-state index in [0.717, 1.165) is 70.0 Å². The minimum atomic E-state index is 0.0321. The van der Waals surface area contributed by atoms with Gasteiger partial charge >= 0.3 is 6.03 Å². The van der Waals surface area contributed by atoms with Crippen LogP contribution in [0.1, 0.15) is 36.3 Å². The summed E-state index contributed by atoms with van der Waals surface area (Å²) in [5.41, 5.74) is 2.13. The van der Waals surface area contributed by atoms with Gasteiger partial charge in [-0.3, -0.25) is 4.90 Å². The maximum absolute atomic E-state index is 12.4. The van der Waals surface area contributed by atoms with Crippen LogP contribution < -0.4 is 5.32 Å². The van der Waals surface area contributed by atoms with Crippen LogP contribution >= 0.6 is 0 Å². The van der Waals surface area contributed by atoms with Crippen LogP contribution in [0.4, 0.5) is 4.79 Å². The Balaban J connectivity index is 1.46. The number of rotatable bonds is 4. The molecule has 0 spiro atoms. The average molecular weight is 336 g/mol. The molecule has 2 saturated heterocycles. The molecule has 0 aromatic carbocycles. The second-order valence-corrected chi connectivity index (χ2v) is 6.74. The van der Waals surface area contributed by atoms with E-state index in [9.17, 15) is 4.79 Å². The highest BCUT2D eigenvalue weighted by molar-refractivity contribution is 5.74. The predicted octanol–water partition coefficient (Wildman–Crippen LogP) is 1.69. The smallest absolute Gasteiger partial charge is 0.317 e. The fourth-order valence-electron chi connectivity index (χ4n) is 3.40. The van der Waals surface area contributed by atoms with E-state index < -0.39 is 0 Å². The minimum absolute atomic E-state index is 0.0321. The molecule has 3 heterocycles. The van der Waals surface area contributed by atoms with Crippen molar-refractivity contribution >= 4 is 6.03 Å². The molecule has 3 rings (SSSR count). The number of aryl methyl sites for hydroxylation is 2. The van der Waals surface area contributed by atoms with E-state index in [1.165, 1.54) is 5.56 Å². The number of carbonyl (C=O) groups excluding carboxylic acids is 1. The fourth-order valence-corrected chi connectivity index (χ4v) is 3.40. The van der Waals surface area contributed by atoms with E-state index in [2.05, 4.69) is 15.4 Å². The number of ether oxygens (including phenoxy) is 1. The van der Waals surface area contributed by atoms with Gasteiger partial charge in [-0.05, 0) is 33.1 Å². The van der Waals surface area contributed by atoms with Crippen molar-refractivity contribution in [2.24, 2.45) is 0 Å². The van der Waals surface area contributed by atoms with Crippen LogP contribution in [-0.2, 0) is 11.3 Å². The van der Waals surface area contributed by atoms with Gasteiger partial charge in [0, 0.05) is 51.4 Å². The highest BCUT2D eigenvalue weighted by Gasteiger charge is 2.22. The third kappa shape index (κ3) is 4.27. The molecule has 1 aromatic heterocycles. The summed E-state index contributed by atoms with van der Waals surface area (Å²) >= 11 is 0. The van der Waals surface area contributed by atoms with Crippen molar-refractivity contribution in [1.29, 1.82) is 0 Å². The molecule has 2 amide bonds. The number of carbonyl (C=O) groups is 1. The summed E-state index contributed by atoms with van der Waals surface area (Å²) in [6.45, 7) is 9.63. The monoisotopic (exact) mass is 336 g/mol. The zero-order chi connectivity index (χ0) is 16.9. The van der Waals surface area contributed by atoms with Crippen LogP contribution in [0.25, 0.3) is 0 Å². The Morgan fingerprint density at radius 3 is 2.83 bits per heavy atom. The van der Waals surface area contributed by atoms with E-state index >= 15 is 0 Å². The van der Waals surface area contributed by atoms with E-state index in [0.29, 0.717) is 6.54 Å². The Labute approximate surface area is 143 Å². The van der Waals surface area contributed by atoms with Crippen LogP contribution in [0.3, 0.4) is 0 Å². The quantitative estimate of drug-likeness (QED) is 0.906. The van der Waals surface area contributed by atoms with Crippen molar-refractivity contribution in [3.8, 4) is 0 Å². The molecule has 0 unspecified atom stereocenters. The summed E-state index contributed by atoms with van der Waals surface area (Å²) in [7, 11) is 0. The first kappa shape index (κ1) is 17.2. The molecule has 134 valence electrons. The number of amides is 2. The molecule has 1 atom stereocenters. The maximum atomic E-state index is 12.4. The topological polar surface area (TPSA) is 70.8 Å². The van der Waals surface area contributed by atoms with Crippen LogP contribution in [-0.4, -0.2) is 66.4 Å². The molecule has 0 saturated carbocycles. The van der Waals surface area contributed by atoms with Crippen molar-refractivity contribution in [1.82, 2.24) is 20.3 Å². The van der Waals surface area contributed by atoms with Crippen LogP contribution in [0.5, 0.6) is 0 Å². The molecule has 7 heteroatoms. The molecule has 2 aliphatic rings. The molecule has 0 radical (unpaired) electrons. The minimum Gasteiger partial charge on any atom is -0.376 e. The van der Waals surface area contributed by atoms with Gasteiger partial charge in [-0.15, -0.1) is 0 Å². The highest BCUT2D eigenvalue weighted by atomic mass is 16.5. The molecule has 2 aliphatic heterocycles. The number of urea groups is 1. The standard InChI is InChI=1S/C17H28N4O3/c1-13-16(14(2)24-19-13)12-20-6-4-7-21(9-8-20)17(22)18-11-15-5-3-10-23-15/h15H,3-12H2,1-2H3,(H,18,22)/t15-/m0/s1. The van der Waals surface area contributed by atoms with Gasteiger partial charge in [0.25, 0.3) is 0 Å². The molecule has 0 aliphatic carbocycles. The van der Waals surface area contributed by atoms with Gasteiger partial charge in [-0.25, -0.2) is 4.79 Å². The van der Waals surface area contributed by atoms with Crippen molar-refractivity contribution in [3.05, 3.63) is 17.0 Å². The molecule has 7 nitrogen and oxygen atoms in total. The third-order valence-electron chi connectivity index (χ3n) is 4.94. The molecule has 24 heavy (non-hydrogen) atoms. The molecule has 0 bridgehead atoms. The van der Waals surface area contributed by atoms with Crippen LogP contribution in [0, 0.1) is 13.8 Å². The van der Waals surface area contributed by atoms with Crippen molar-refractivity contribution in [2.75, 3.05) is 39.3 Å². The van der Waals surface area contributed by atoms with Gasteiger partial charge in [0.05, 0.1) is 11.8 Å². The third-order valence-corrected chi connectivity index (χ3v) is 4.94. The zero-order valence-electron chi connectivity index (χ0n) is 14.7. The summed E-state index contributed by atoms with van der Waals surface area (Å²) in [5, 5.41) is 7.04. The Bertz CT molecular complexity index is 535. The van der Waals surface area contributed by atoms with E-state index in [1.54, 1.807) is 0 Å². The van der Waals surface area contributed by atoms with E-state index in [-0.39, 0.29) is 12.1 Å². The molecular formula is C17H28N4O3.